The Morgan fingerprint density at radius 2 is 2.16 bits per heavy atom. The van der Waals surface area contributed by atoms with E-state index in [1.54, 1.807) is 12.3 Å². The van der Waals surface area contributed by atoms with Crippen LogP contribution in [0.15, 0.2) is 24.4 Å². The van der Waals surface area contributed by atoms with Crippen molar-refractivity contribution >= 4 is 23.5 Å². The summed E-state index contributed by atoms with van der Waals surface area (Å²) in [6, 6.07) is 5.47. The highest BCUT2D eigenvalue weighted by molar-refractivity contribution is 7.98. The van der Waals surface area contributed by atoms with E-state index in [4.69, 9.17) is 5.41 Å². The molecule has 1 heterocycles. The molecule has 1 aromatic rings. The molecule has 0 fully saturated rings. The van der Waals surface area contributed by atoms with E-state index in [1.165, 1.54) is 17.1 Å². The summed E-state index contributed by atoms with van der Waals surface area (Å²) in [6.07, 6.45) is -3.23. The number of pyridine rings is 1. The van der Waals surface area contributed by atoms with Crippen LogP contribution in [0.5, 0.6) is 0 Å². The number of nitrogens with zero attached hydrogens (tertiary/aromatic N) is 1. The van der Waals surface area contributed by atoms with Crippen LogP contribution in [0.4, 0.5) is 13.2 Å². The Hall–Kier alpha value is -1.57. The predicted octanol–water partition coefficient (Wildman–Crippen LogP) is 2.36. The van der Waals surface area contributed by atoms with Crippen LogP contribution in [0.25, 0.3) is 0 Å². The summed E-state index contributed by atoms with van der Waals surface area (Å²) >= 11 is 1.43. The summed E-state index contributed by atoms with van der Waals surface area (Å²) in [4.78, 5) is 14.6. The van der Waals surface area contributed by atoms with Crippen LogP contribution in [0.2, 0.25) is 0 Å². The fraction of sp³-hybridized carbons (Fsp3) is 0.364. The minimum Gasteiger partial charge on any atom is -0.307 e. The zero-order chi connectivity index (χ0) is 14.3. The van der Waals surface area contributed by atoms with E-state index in [1.807, 2.05) is 12.1 Å². The molecule has 0 bridgehead atoms. The van der Waals surface area contributed by atoms with Gasteiger partial charge in [-0.1, -0.05) is 6.07 Å². The zero-order valence-electron chi connectivity index (χ0n) is 9.83. The van der Waals surface area contributed by atoms with Gasteiger partial charge in [0.15, 0.2) is 0 Å². The van der Waals surface area contributed by atoms with Crippen LogP contribution < -0.4 is 5.32 Å². The lowest BCUT2D eigenvalue weighted by molar-refractivity contribution is -0.171. The molecule has 0 atom stereocenters. The Kier molecular flexibility index (Phi) is 5.81. The molecule has 0 aliphatic rings. The van der Waals surface area contributed by atoms with Gasteiger partial charge in [0.1, 0.15) is 5.84 Å². The number of amides is 1. The molecule has 0 aliphatic carbocycles. The van der Waals surface area contributed by atoms with Gasteiger partial charge >= 0.3 is 12.1 Å². The molecule has 0 radical (unpaired) electrons. The number of aromatic nitrogens is 1. The van der Waals surface area contributed by atoms with Crippen molar-refractivity contribution in [3.63, 3.8) is 0 Å². The van der Waals surface area contributed by atoms with Gasteiger partial charge in [-0.05, 0) is 12.1 Å². The lowest BCUT2D eigenvalue weighted by Crippen LogP contribution is -2.40. The fourth-order valence-electron chi connectivity index (χ4n) is 1.10. The quantitative estimate of drug-likeness (QED) is 0.497. The first-order chi connectivity index (χ1) is 8.89. The van der Waals surface area contributed by atoms with Crippen LogP contribution in [0.1, 0.15) is 12.1 Å². The number of nitrogens with one attached hydrogen (secondary N) is 2. The number of rotatable bonds is 5. The van der Waals surface area contributed by atoms with Gasteiger partial charge in [-0.3, -0.25) is 15.2 Å². The molecule has 1 rings (SSSR count). The third kappa shape index (κ3) is 6.23. The summed E-state index contributed by atoms with van der Waals surface area (Å²) in [6.45, 7) is 0. The highest BCUT2D eigenvalue weighted by Gasteiger charge is 2.38. The molecule has 4 nitrogen and oxygen atoms in total. The molecular weight excluding hydrogens is 279 g/mol. The molecule has 1 aromatic heterocycles. The Labute approximate surface area is 112 Å². The first-order valence-corrected chi connectivity index (χ1v) is 6.48. The number of alkyl halides is 3. The van der Waals surface area contributed by atoms with E-state index in [2.05, 4.69) is 4.98 Å². The maximum absolute atomic E-state index is 11.9. The second-order valence-corrected chi connectivity index (χ2v) is 4.66. The van der Waals surface area contributed by atoms with Gasteiger partial charge in [0.2, 0.25) is 0 Å². The Balaban J connectivity index is 2.19. The number of carbonyl (C=O) groups is 1. The van der Waals surface area contributed by atoms with Gasteiger partial charge in [-0.2, -0.15) is 24.9 Å². The second kappa shape index (κ2) is 7.13. The molecule has 2 N–H and O–H groups in total. The summed E-state index contributed by atoms with van der Waals surface area (Å²) in [5.41, 5.74) is 0.860. The van der Waals surface area contributed by atoms with Crippen molar-refractivity contribution in [3.8, 4) is 0 Å². The van der Waals surface area contributed by atoms with Gasteiger partial charge in [-0.25, -0.2) is 0 Å². The monoisotopic (exact) mass is 291 g/mol. The average molecular weight is 291 g/mol. The van der Waals surface area contributed by atoms with Crippen molar-refractivity contribution < 1.29 is 18.0 Å². The fourth-order valence-corrected chi connectivity index (χ4v) is 1.98. The third-order valence-electron chi connectivity index (χ3n) is 1.99. The van der Waals surface area contributed by atoms with Gasteiger partial charge in [0.25, 0.3) is 0 Å². The maximum Gasteiger partial charge on any atom is 0.471 e. The molecule has 19 heavy (non-hydrogen) atoms. The van der Waals surface area contributed by atoms with Crippen LogP contribution in [-0.2, 0) is 10.5 Å². The smallest absolute Gasteiger partial charge is 0.307 e. The van der Waals surface area contributed by atoms with Crippen molar-refractivity contribution in [2.24, 2.45) is 0 Å². The summed E-state index contributed by atoms with van der Waals surface area (Å²) in [5.74, 6) is -1.49. The van der Waals surface area contributed by atoms with Crippen LogP contribution in [-0.4, -0.2) is 28.7 Å². The largest absolute Gasteiger partial charge is 0.471 e. The molecule has 1 amide bonds. The maximum atomic E-state index is 11.9. The number of amidine groups is 1. The Morgan fingerprint density at radius 1 is 1.42 bits per heavy atom. The number of thioether (sulfide) groups is 1. The Bertz CT molecular complexity index is 437. The second-order valence-electron chi connectivity index (χ2n) is 3.55. The van der Waals surface area contributed by atoms with Crippen molar-refractivity contribution in [2.75, 3.05) is 5.75 Å². The molecule has 0 spiro atoms. The first-order valence-electron chi connectivity index (χ1n) is 5.33. The van der Waals surface area contributed by atoms with Gasteiger partial charge in [0.05, 0.1) is 5.69 Å². The minimum atomic E-state index is -4.95. The van der Waals surface area contributed by atoms with Crippen molar-refractivity contribution in [1.82, 2.24) is 10.3 Å². The topological polar surface area (TPSA) is 65.8 Å². The lowest BCUT2D eigenvalue weighted by atomic mass is 10.4. The van der Waals surface area contributed by atoms with Gasteiger partial charge in [0, 0.05) is 24.1 Å². The van der Waals surface area contributed by atoms with E-state index < -0.39 is 17.9 Å². The number of hydrogen-bond acceptors (Lipinski definition) is 4. The SMILES string of the molecule is N=C(CCSCc1ccccn1)NC(=O)C(F)(F)F. The van der Waals surface area contributed by atoms with Gasteiger partial charge < -0.3 is 5.32 Å². The third-order valence-corrected chi connectivity index (χ3v) is 2.99. The highest BCUT2D eigenvalue weighted by atomic mass is 32.2. The van der Waals surface area contributed by atoms with E-state index >= 15 is 0 Å². The van der Waals surface area contributed by atoms with Crippen LogP contribution in [0.3, 0.4) is 0 Å². The van der Waals surface area contributed by atoms with Crippen molar-refractivity contribution in [1.29, 1.82) is 5.41 Å². The predicted molar refractivity (Wildman–Crippen MR) is 66.9 cm³/mol. The van der Waals surface area contributed by atoms with Crippen LogP contribution >= 0.6 is 11.8 Å². The molecule has 0 aromatic carbocycles. The van der Waals surface area contributed by atoms with E-state index in [9.17, 15) is 18.0 Å². The van der Waals surface area contributed by atoms with E-state index in [0.29, 0.717) is 11.5 Å². The molecule has 0 saturated heterocycles. The van der Waals surface area contributed by atoms with Crippen molar-refractivity contribution in [3.05, 3.63) is 30.1 Å². The van der Waals surface area contributed by atoms with Gasteiger partial charge in [-0.15, -0.1) is 0 Å². The zero-order valence-corrected chi connectivity index (χ0v) is 10.6. The Morgan fingerprint density at radius 3 is 2.74 bits per heavy atom. The number of hydrogen-bond donors (Lipinski definition) is 2. The van der Waals surface area contributed by atoms with Crippen molar-refractivity contribution in [2.45, 2.75) is 18.3 Å². The number of carbonyl (C=O) groups excluding carboxylic acids is 1. The summed E-state index contributed by atoms with van der Waals surface area (Å²) in [7, 11) is 0. The normalized spacial score (nSPS) is 11.1. The number of halogens is 3. The average Bonchev–Trinajstić information content (AvgIpc) is 2.35. The molecule has 8 heteroatoms. The van der Waals surface area contributed by atoms with Crippen LogP contribution in [0, 0.1) is 5.41 Å². The van der Waals surface area contributed by atoms with E-state index in [0.717, 1.165) is 5.69 Å². The molecule has 0 aliphatic heterocycles. The molecule has 0 saturated carbocycles. The molecule has 0 unspecified atom stereocenters. The minimum absolute atomic E-state index is 0.0688. The summed E-state index contributed by atoms with van der Waals surface area (Å²) in [5, 5.41) is 8.73. The molecular formula is C11H12F3N3OS. The van der Waals surface area contributed by atoms with E-state index in [-0.39, 0.29) is 6.42 Å². The highest BCUT2D eigenvalue weighted by Crippen LogP contribution is 2.14. The standard InChI is InChI=1S/C11H12F3N3OS/c12-11(13,14)10(18)17-9(15)4-6-19-7-8-3-1-2-5-16-8/h1-3,5H,4,6-7H2,(H2,15,17,18). The molecule has 104 valence electrons. The summed E-state index contributed by atoms with van der Waals surface area (Å²) < 4.78 is 35.7. The first kappa shape index (κ1) is 15.5. The lowest BCUT2D eigenvalue weighted by Gasteiger charge is -2.08.